The van der Waals surface area contributed by atoms with Gasteiger partial charge in [-0.15, -0.1) is 6.42 Å². The predicted octanol–water partition coefficient (Wildman–Crippen LogP) is 1.41. The van der Waals surface area contributed by atoms with Crippen LogP contribution in [0.15, 0.2) is 24.3 Å². The molecule has 0 aliphatic heterocycles. The number of terminal acetylenes is 1. The van der Waals surface area contributed by atoms with Crippen LogP contribution < -0.4 is 4.74 Å². The molecule has 0 N–H and O–H groups in total. The normalized spacial score (nSPS) is 19.8. The molecule has 104 valence electrons. The van der Waals surface area contributed by atoms with Gasteiger partial charge in [-0.2, -0.15) is 0 Å². The van der Waals surface area contributed by atoms with Gasteiger partial charge in [0.05, 0.1) is 0 Å². The third kappa shape index (κ3) is 3.48. The smallest absolute Gasteiger partial charge is 0.316 e. The number of esters is 1. The first kappa shape index (κ1) is 13.9. The van der Waals surface area contributed by atoms with Crippen LogP contribution in [0.4, 0.5) is 0 Å². The monoisotopic (exact) mass is 275 g/mol. The lowest BCUT2D eigenvalue weighted by molar-refractivity contribution is -0.497. The van der Waals surface area contributed by atoms with Crippen LogP contribution in [-0.4, -0.2) is 23.5 Å². The Bertz CT molecular complexity index is 563. The van der Waals surface area contributed by atoms with Crippen molar-refractivity contribution in [3.63, 3.8) is 0 Å². The van der Waals surface area contributed by atoms with E-state index in [0.29, 0.717) is 5.75 Å². The summed E-state index contributed by atoms with van der Waals surface area (Å²) in [4.78, 5) is 21.6. The molecule has 2 atom stereocenters. The summed E-state index contributed by atoms with van der Waals surface area (Å²) in [6.07, 6.45) is 5.35. The second kappa shape index (κ2) is 6.06. The van der Waals surface area contributed by atoms with Crippen molar-refractivity contribution in [2.45, 2.75) is 19.1 Å². The van der Waals surface area contributed by atoms with Crippen molar-refractivity contribution in [2.75, 3.05) is 6.61 Å². The van der Waals surface area contributed by atoms with Crippen LogP contribution in [0.2, 0.25) is 0 Å². The Morgan fingerprint density at radius 1 is 1.55 bits per heavy atom. The van der Waals surface area contributed by atoms with Crippen molar-refractivity contribution in [3.8, 4) is 18.1 Å². The molecule has 0 unspecified atom stereocenters. The van der Waals surface area contributed by atoms with Gasteiger partial charge in [0.1, 0.15) is 24.9 Å². The maximum atomic E-state index is 11.6. The summed E-state index contributed by atoms with van der Waals surface area (Å²) in [5.41, 5.74) is 0.742. The Balaban J connectivity index is 1.84. The summed E-state index contributed by atoms with van der Waals surface area (Å²) in [6, 6.07) is 6.20. The van der Waals surface area contributed by atoms with E-state index >= 15 is 0 Å². The van der Waals surface area contributed by atoms with Crippen molar-refractivity contribution in [1.82, 2.24) is 0 Å². The standard InChI is InChI=1S/C14H13NO5/c1-2-6-19-11-5-3-4-10(7-11)9-20-14(16)12-8-13(12)15(17)18/h1,3-5,7,12-13H,6,8-9H2/t12-,13+/m0/s1. The summed E-state index contributed by atoms with van der Waals surface area (Å²) in [7, 11) is 0. The maximum absolute atomic E-state index is 11.6. The van der Waals surface area contributed by atoms with Crippen molar-refractivity contribution < 1.29 is 19.2 Å². The molecule has 1 aromatic carbocycles. The Labute approximate surface area is 115 Å². The van der Waals surface area contributed by atoms with E-state index < -0.39 is 22.9 Å². The van der Waals surface area contributed by atoms with Gasteiger partial charge in [-0.25, -0.2) is 0 Å². The lowest BCUT2D eigenvalue weighted by Gasteiger charge is -2.06. The van der Waals surface area contributed by atoms with E-state index in [9.17, 15) is 14.9 Å². The highest BCUT2D eigenvalue weighted by Crippen LogP contribution is 2.34. The Hall–Kier alpha value is -2.55. The number of hydrogen-bond acceptors (Lipinski definition) is 5. The molecule has 0 radical (unpaired) electrons. The highest BCUT2D eigenvalue weighted by atomic mass is 16.6. The minimum Gasteiger partial charge on any atom is -0.481 e. The van der Waals surface area contributed by atoms with Gasteiger partial charge >= 0.3 is 5.97 Å². The number of nitro groups is 1. The summed E-state index contributed by atoms with van der Waals surface area (Å²) in [5.74, 6) is 1.81. The molecule has 6 heteroatoms. The number of rotatable bonds is 6. The quantitative estimate of drug-likeness (QED) is 0.339. The van der Waals surface area contributed by atoms with E-state index in [0.717, 1.165) is 5.56 Å². The van der Waals surface area contributed by atoms with Crippen molar-refractivity contribution in [2.24, 2.45) is 5.92 Å². The fourth-order valence-electron chi connectivity index (χ4n) is 1.78. The summed E-state index contributed by atoms with van der Waals surface area (Å²) < 4.78 is 10.3. The minimum absolute atomic E-state index is 0.0625. The molecule has 0 aromatic heterocycles. The molecule has 6 nitrogen and oxygen atoms in total. The van der Waals surface area contributed by atoms with Crippen LogP contribution in [0, 0.1) is 28.4 Å². The highest BCUT2D eigenvalue weighted by molar-refractivity contribution is 5.76. The van der Waals surface area contributed by atoms with Crippen LogP contribution in [-0.2, 0) is 16.1 Å². The summed E-state index contributed by atoms with van der Waals surface area (Å²) >= 11 is 0. The molecule has 1 fully saturated rings. The van der Waals surface area contributed by atoms with Crippen LogP contribution in [0.5, 0.6) is 5.75 Å². The van der Waals surface area contributed by atoms with Crippen molar-refractivity contribution >= 4 is 5.97 Å². The maximum Gasteiger partial charge on any atom is 0.316 e. The molecular formula is C14H13NO5. The first-order valence-electron chi connectivity index (χ1n) is 6.07. The van der Waals surface area contributed by atoms with Gasteiger partial charge in [0.25, 0.3) is 0 Å². The Morgan fingerprint density at radius 3 is 3.00 bits per heavy atom. The minimum atomic E-state index is -0.784. The van der Waals surface area contributed by atoms with E-state index in [4.69, 9.17) is 15.9 Å². The van der Waals surface area contributed by atoms with Crippen LogP contribution in [0.3, 0.4) is 0 Å². The largest absolute Gasteiger partial charge is 0.481 e. The Kier molecular flexibility index (Phi) is 4.20. The summed E-state index contributed by atoms with van der Waals surface area (Å²) in [5, 5.41) is 10.5. The van der Waals surface area contributed by atoms with Gasteiger partial charge in [-0.05, 0) is 17.7 Å². The molecule has 1 aromatic rings. The third-order valence-corrected chi connectivity index (χ3v) is 2.93. The topological polar surface area (TPSA) is 78.7 Å². The molecule has 1 aliphatic rings. The van der Waals surface area contributed by atoms with E-state index in [-0.39, 0.29) is 19.6 Å². The zero-order valence-electron chi connectivity index (χ0n) is 10.7. The first-order chi connectivity index (χ1) is 9.61. The van der Waals surface area contributed by atoms with E-state index in [2.05, 4.69) is 5.92 Å². The van der Waals surface area contributed by atoms with Gasteiger partial charge in [0, 0.05) is 11.3 Å². The van der Waals surface area contributed by atoms with Crippen LogP contribution in [0.25, 0.3) is 0 Å². The average Bonchev–Trinajstić information content (AvgIpc) is 3.23. The fourth-order valence-corrected chi connectivity index (χ4v) is 1.78. The van der Waals surface area contributed by atoms with Gasteiger partial charge in [-0.1, -0.05) is 18.1 Å². The third-order valence-electron chi connectivity index (χ3n) is 2.93. The molecular weight excluding hydrogens is 262 g/mol. The molecule has 1 aliphatic carbocycles. The van der Waals surface area contributed by atoms with Crippen molar-refractivity contribution in [3.05, 3.63) is 39.9 Å². The van der Waals surface area contributed by atoms with Gasteiger partial charge in [0.15, 0.2) is 0 Å². The predicted molar refractivity (Wildman–Crippen MR) is 69.5 cm³/mol. The second-order valence-corrected chi connectivity index (χ2v) is 4.44. The lowest BCUT2D eigenvalue weighted by Crippen LogP contribution is -2.13. The van der Waals surface area contributed by atoms with E-state index in [1.54, 1.807) is 24.3 Å². The second-order valence-electron chi connectivity index (χ2n) is 4.44. The molecule has 0 spiro atoms. The molecule has 2 rings (SSSR count). The van der Waals surface area contributed by atoms with E-state index in [1.807, 2.05) is 0 Å². The number of carbonyl (C=O) groups excluding carboxylic acids is 1. The molecule has 0 bridgehead atoms. The fraction of sp³-hybridized carbons (Fsp3) is 0.357. The number of benzene rings is 1. The van der Waals surface area contributed by atoms with Crippen LogP contribution in [0.1, 0.15) is 12.0 Å². The van der Waals surface area contributed by atoms with Crippen LogP contribution >= 0.6 is 0 Å². The average molecular weight is 275 g/mol. The molecule has 0 heterocycles. The number of nitrogens with zero attached hydrogens (tertiary/aromatic N) is 1. The van der Waals surface area contributed by atoms with E-state index in [1.165, 1.54) is 0 Å². The SMILES string of the molecule is C#CCOc1cccc(COC(=O)[C@H]2C[C@H]2[N+](=O)[O-])c1. The first-order valence-corrected chi connectivity index (χ1v) is 6.07. The van der Waals surface area contributed by atoms with Gasteiger partial charge in [0.2, 0.25) is 6.04 Å². The number of ether oxygens (including phenoxy) is 2. The van der Waals surface area contributed by atoms with Crippen molar-refractivity contribution in [1.29, 1.82) is 0 Å². The highest BCUT2D eigenvalue weighted by Gasteiger charge is 2.54. The van der Waals surface area contributed by atoms with Gasteiger partial charge in [-0.3, -0.25) is 14.9 Å². The number of hydrogen-bond donors (Lipinski definition) is 0. The molecule has 20 heavy (non-hydrogen) atoms. The Morgan fingerprint density at radius 2 is 2.35 bits per heavy atom. The molecule has 0 amide bonds. The van der Waals surface area contributed by atoms with Gasteiger partial charge < -0.3 is 9.47 Å². The lowest BCUT2D eigenvalue weighted by atomic mass is 10.2. The molecule has 0 saturated heterocycles. The number of carbonyl (C=O) groups is 1. The molecule has 1 saturated carbocycles. The zero-order valence-corrected chi connectivity index (χ0v) is 10.7. The zero-order chi connectivity index (χ0) is 14.5. The summed E-state index contributed by atoms with van der Waals surface area (Å²) in [6.45, 7) is 0.225.